The standard InChI is InChI=1S/C12H11F3N2/c1-3-6-5(2)17-8-4-7(13)10(14)11(15)9(8)12(6)16/h4H,3H2,1-2H3,(H2,16,17). The van der Waals surface area contributed by atoms with Crippen molar-refractivity contribution in [2.45, 2.75) is 20.3 Å². The van der Waals surface area contributed by atoms with Crippen molar-refractivity contribution in [3.05, 3.63) is 34.8 Å². The molecule has 2 nitrogen and oxygen atoms in total. The third-order valence-electron chi connectivity index (χ3n) is 2.81. The molecule has 2 N–H and O–H groups in total. The zero-order chi connectivity index (χ0) is 12.7. The highest BCUT2D eigenvalue weighted by Crippen LogP contribution is 2.30. The lowest BCUT2D eigenvalue weighted by molar-refractivity contribution is 0.453. The van der Waals surface area contributed by atoms with E-state index in [2.05, 4.69) is 4.98 Å². The van der Waals surface area contributed by atoms with Gasteiger partial charge in [0.15, 0.2) is 17.5 Å². The van der Waals surface area contributed by atoms with E-state index in [1.807, 2.05) is 6.92 Å². The van der Waals surface area contributed by atoms with Gasteiger partial charge in [0.1, 0.15) is 0 Å². The fraction of sp³-hybridized carbons (Fsp3) is 0.250. The Kier molecular flexibility index (Phi) is 2.69. The zero-order valence-corrected chi connectivity index (χ0v) is 9.44. The fourth-order valence-electron chi connectivity index (χ4n) is 1.97. The number of anilines is 1. The van der Waals surface area contributed by atoms with Gasteiger partial charge in [0.05, 0.1) is 10.9 Å². The number of benzene rings is 1. The van der Waals surface area contributed by atoms with Crippen molar-refractivity contribution >= 4 is 16.6 Å². The summed E-state index contributed by atoms with van der Waals surface area (Å²) in [6.07, 6.45) is 0.555. The number of pyridine rings is 1. The number of aromatic nitrogens is 1. The van der Waals surface area contributed by atoms with Crippen LogP contribution in [0.3, 0.4) is 0 Å². The summed E-state index contributed by atoms with van der Waals surface area (Å²) in [6.45, 7) is 3.54. The number of nitrogen functional groups attached to an aromatic ring is 1. The topological polar surface area (TPSA) is 38.9 Å². The predicted molar refractivity (Wildman–Crippen MR) is 60.1 cm³/mol. The smallest absolute Gasteiger partial charge is 0.195 e. The molecule has 0 fully saturated rings. The zero-order valence-electron chi connectivity index (χ0n) is 9.44. The minimum absolute atomic E-state index is 0.0357. The van der Waals surface area contributed by atoms with Crippen molar-refractivity contribution in [3.63, 3.8) is 0 Å². The minimum Gasteiger partial charge on any atom is -0.398 e. The molecule has 0 unspecified atom stereocenters. The van der Waals surface area contributed by atoms with Gasteiger partial charge in [-0.1, -0.05) is 6.92 Å². The number of fused-ring (bicyclic) bond motifs is 1. The first-order chi connectivity index (χ1) is 7.97. The van der Waals surface area contributed by atoms with Crippen LogP contribution < -0.4 is 5.73 Å². The Morgan fingerprint density at radius 3 is 2.47 bits per heavy atom. The molecular weight excluding hydrogens is 229 g/mol. The Morgan fingerprint density at radius 2 is 1.88 bits per heavy atom. The van der Waals surface area contributed by atoms with E-state index in [1.54, 1.807) is 6.92 Å². The molecular formula is C12H11F3N2. The van der Waals surface area contributed by atoms with Crippen LogP contribution in [-0.4, -0.2) is 4.98 Å². The van der Waals surface area contributed by atoms with E-state index < -0.39 is 17.5 Å². The number of rotatable bonds is 1. The van der Waals surface area contributed by atoms with Crippen molar-refractivity contribution < 1.29 is 13.2 Å². The highest BCUT2D eigenvalue weighted by atomic mass is 19.2. The molecule has 0 bridgehead atoms. The molecule has 0 saturated heterocycles. The molecule has 0 aliphatic rings. The lowest BCUT2D eigenvalue weighted by Gasteiger charge is -2.11. The van der Waals surface area contributed by atoms with Gasteiger partial charge in [0.2, 0.25) is 0 Å². The number of hydrogen-bond acceptors (Lipinski definition) is 2. The molecule has 17 heavy (non-hydrogen) atoms. The van der Waals surface area contributed by atoms with Gasteiger partial charge in [0, 0.05) is 17.4 Å². The fourth-order valence-corrected chi connectivity index (χ4v) is 1.97. The monoisotopic (exact) mass is 240 g/mol. The maximum absolute atomic E-state index is 13.6. The van der Waals surface area contributed by atoms with E-state index in [-0.39, 0.29) is 16.6 Å². The van der Waals surface area contributed by atoms with Crippen LogP contribution in [0, 0.1) is 24.4 Å². The minimum atomic E-state index is -1.52. The van der Waals surface area contributed by atoms with Crippen LogP contribution in [0.15, 0.2) is 6.07 Å². The molecule has 2 rings (SSSR count). The van der Waals surface area contributed by atoms with Gasteiger partial charge in [0.25, 0.3) is 0 Å². The Morgan fingerprint density at radius 1 is 1.24 bits per heavy atom. The molecule has 0 radical (unpaired) electrons. The first-order valence-corrected chi connectivity index (χ1v) is 5.19. The second-order valence-electron chi connectivity index (χ2n) is 3.82. The second-order valence-corrected chi connectivity index (χ2v) is 3.82. The van der Waals surface area contributed by atoms with Gasteiger partial charge in [-0.2, -0.15) is 0 Å². The molecule has 90 valence electrons. The highest BCUT2D eigenvalue weighted by Gasteiger charge is 2.19. The largest absolute Gasteiger partial charge is 0.398 e. The van der Waals surface area contributed by atoms with Crippen LogP contribution in [0.5, 0.6) is 0 Å². The van der Waals surface area contributed by atoms with E-state index in [4.69, 9.17) is 5.73 Å². The summed E-state index contributed by atoms with van der Waals surface area (Å²) in [4.78, 5) is 4.04. The molecule has 1 aromatic heterocycles. The van der Waals surface area contributed by atoms with Crippen molar-refractivity contribution in [2.24, 2.45) is 0 Å². The van der Waals surface area contributed by atoms with Gasteiger partial charge >= 0.3 is 0 Å². The number of nitrogens with zero attached hydrogens (tertiary/aromatic N) is 1. The van der Waals surface area contributed by atoms with E-state index in [1.165, 1.54) is 0 Å². The number of aryl methyl sites for hydroxylation is 1. The quantitative estimate of drug-likeness (QED) is 0.778. The summed E-state index contributed by atoms with van der Waals surface area (Å²) < 4.78 is 39.8. The van der Waals surface area contributed by atoms with E-state index >= 15 is 0 Å². The van der Waals surface area contributed by atoms with E-state index in [0.29, 0.717) is 17.7 Å². The van der Waals surface area contributed by atoms with Gasteiger partial charge in [-0.05, 0) is 18.9 Å². The van der Waals surface area contributed by atoms with Crippen LogP contribution in [-0.2, 0) is 6.42 Å². The van der Waals surface area contributed by atoms with Crippen molar-refractivity contribution in [1.29, 1.82) is 0 Å². The van der Waals surface area contributed by atoms with Gasteiger partial charge in [-0.25, -0.2) is 13.2 Å². The van der Waals surface area contributed by atoms with Crippen molar-refractivity contribution in [2.75, 3.05) is 5.73 Å². The summed E-state index contributed by atoms with van der Waals surface area (Å²) in [5.74, 6) is -4.05. The van der Waals surface area contributed by atoms with Crippen LogP contribution >= 0.6 is 0 Å². The Balaban J connectivity index is 2.98. The molecule has 0 aliphatic carbocycles. The molecule has 0 amide bonds. The molecule has 0 atom stereocenters. The Hall–Kier alpha value is -1.78. The summed E-state index contributed by atoms with van der Waals surface area (Å²) in [5.41, 5.74) is 7.20. The van der Waals surface area contributed by atoms with E-state index in [9.17, 15) is 13.2 Å². The lowest BCUT2D eigenvalue weighted by Crippen LogP contribution is -2.04. The van der Waals surface area contributed by atoms with Crippen LogP contribution in [0.2, 0.25) is 0 Å². The van der Waals surface area contributed by atoms with Crippen molar-refractivity contribution in [3.8, 4) is 0 Å². The average molecular weight is 240 g/mol. The summed E-state index contributed by atoms with van der Waals surface area (Å²) >= 11 is 0. The molecule has 0 aliphatic heterocycles. The molecule has 0 saturated carbocycles. The van der Waals surface area contributed by atoms with Crippen LogP contribution in [0.4, 0.5) is 18.9 Å². The summed E-state index contributed by atoms with van der Waals surface area (Å²) in [6, 6.07) is 0.858. The Bertz CT molecular complexity index is 609. The van der Waals surface area contributed by atoms with Gasteiger partial charge < -0.3 is 5.73 Å². The normalized spacial score (nSPS) is 11.1. The van der Waals surface area contributed by atoms with Gasteiger partial charge in [-0.3, -0.25) is 4.98 Å². The summed E-state index contributed by atoms with van der Waals surface area (Å²) in [5, 5.41) is -0.147. The number of hydrogen-bond donors (Lipinski definition) is 1. The molecule has 0 spiro atoms. The number of halogens is 3. The highest BCUT2D eigenvalue weighted by molar-refractivity contribution is 5.92. The molecule has 1 heterocycles. The summed E-state index contributed by atoms with van der Waals surface area (Å²) in [7, 11) is 0. The molecule has 1 aromatic carbocycles. The molecule has 2 aromatic rings. The SMILES string of the molecule is CCc1c(C)nc2cc(F)c(F)c(F)c2c1N. The van der Waals surface area contributed by atoms with E-state index in [0.717, 1.165) is 6.07 Å². The Labute approximate surface area is 96.3 Å². The first kappa shape index (κ1) is 11.7. The van der Waals surface area contributed by atoms with Gasteiger partial charge in [-0.15, -0.1) is 0 Å². The van der Waals surface area contributed by atoms with Crippen LogP contribution in [0.25, 0.3) is 10.9 Å². The maximum Gasteiger partial charge on any atom is 0.195 e. The second kappa shape index (κ2) is 3.91. The molecule has 5 heteroatoms. The third kappa shape index (κ3) is 1.62. The number of nitrogens with two attached hydrogens (primary N) is 1. The third-order valence-corrected chi connectivity index (χ3v) is 2.81. The van der Waals surface area contributed by atoms with Crippen LogP contribution in [0.1, 0.15) is 18.2 Å². The maximum atomic E-state index is 13.6. The lowest BCUT2D eigenvalue weighted by atomic mass is 10.0. The van der Waals surface area contributed by atoms with Crippen molar-refractivity contribution in [1.82, 2.24) is 4.98 Å². The predicted octanol–water partition coefficient (Wildman–Crippen LogP) is 3.11. The average Bonchev–Trinajstić information content (AvgIpc) is 2.26. The first-order valence-electron chi connectivity index (χ1n) is 5.19.